The first kappa shape index (κ1) is 14.9. The quantitative estimate of drug-likeness (QED) is 0.640. The summed E-state index contributed by atoms with van der Waals surface area (Å²) in [5.74, 6) is -0.0321. The number of methoxy groups -OCH3 is 1. The molecule has 1 amide bonds. The van der Waals surface area contributed by atoms with Crippen LogP contribution in [0.3, 0.4) is 0 Å². The minimum absolute atomic E-state index is 0.203. The molecule has 7 nitrogen and oxygen atoms in total. The van der Waals surface area contributed by atoms with Crippen molar-refractivity contribution in [1.29, 1.82) is 0 Å². The van der Waals surface area contributed by atoms with Gasteiger partial charge in [0.2, 0.25) is 5.88 Å². The fraction of sp³-hybridized carbons (Fsp3) is 0.0667. The Labute approximate surface area is 135 Å². The van der Waals surface area contributed by atoms with Crippen molar-refractivity contribution in [2.45, 2.75) is 0 Å². The van der Waals surface area contributed by atoms with Gasteiger partial charge in [-0.1, -0.05) is 0 Å². The number of hydrogen-bond donors (Lipinski definition) is 3. The molecule has 0 fully saturated rings. The van der Waals surface area contributed by atoms with Crippen LogP contribution < -0.4 is 15.6 Å². The Morgan fingerprint density at radius 1 is 1.30 bits per heavy atom. The monoisotopic (exact) mass is 328 g/mol. The van der Waals surface area contributed by atoms with E-state index in [-0.39, 0.29) is 16.2 Å². The minimum Gasteiger partial charge on any atom is -0.480 e. The van der Waals surface area contributed by atoms with Gasteiger partial charge < -0.3 is 15.0 Å². The highest BCUT2D eigenvalue weighted by atomic mass is 32.1. The largest absolute Gasteiger partial charge is 0.480 e. The molecular weight excluding hydrogens is 316 g/mol. The number of pyridine rings is 1. The molecule has 8 heteroatoms. The number of benzene rings is 1. The van der Waals surface area contributed by atoms with Gasteiger partial charge in [-0.15, -0.1) is 0 Å². The molecule has 2 aromatic heterocycles. The second kappa shape index (κ2) is 6.01. The number of ether oxygens (including phenoxy) is 1. The summed E-state index contributed by atoms with van der Waals surface area (Å²) in [6.07, 6.45) is 1.57. The van der Waals surface area contributed by atoms with Gasteiger partial charge >= 0.3 is 0 Å². The molecule has 0 aliphatic heterocycles. The van der Waals surface area contributed by atoms with Crippen molar-refractivity contribution in [3.05, 3.63) is 57.2 Å². The molecule has 23 heavy (non-hydrogen) atoms. The predicted molar refractivity (Wildman–Crippen MR) is 88.5 cm³/mol. The van der Waals surface area contributed by atoms with Crippen molar-refractivity contribution in [3.8, 4) is 5.88 Å². The zero-order valence-electron chi connectivity index (χ0n) is 12.0. The molecule has 3 aromatic rings. The second-order valence-corrected chi connectivity index (χ2v) is 5.09. The SMILES string of the molecule is COc1ncccc1NC(=O)c1ccc2c(=O)[nH]c(=S)[nH]c2c1. The zero-order chi connectivity index (χ0) is 16.4. The third kappa shape index (κ3) is 2.97. The predicted octanol–water partition coefficient (Wildman–Crippen LogP) is 2.24. The maximum Gasteiger partial charge on any atom is 0.259 e. The van der Waals surface area contributed by atoms with E-state index in [9.17, 15) is 9.59 Å². The molecule has 0 spiro atoms. The van der Waals surface area contributed by atoms with Crippen LogP contribution in [0.1, 0.15) is 10.4 Å². The van der Waals surface area contributed by atoms with Crippen LogP contribution in [0.15, 0.2) is 41.3 Å². The minimum atomic E-state index is -0.349. The van der Waals surface area contributed by atoms with Crippen molar-refractivity contribution < 1.29 is 9.53 Å². The number of carbonyl (C=O) groups excluding carboxylic acids is 1. The van der Waals surface area contributed by atoms with Gasteiger partial charge in [-0.2, -0.15) is 0 Å². The van der Waals surface area contributed by atoms with Gasteiger partial charge in [-0.25, -0.2) is 4.98 Å². The van der Waals surface area contributed by atoms with Crippen molar-refractivity contribution in [2.24, 2.45) is 0 Å². The van der Waals surface area contributed by atoms with Crippen molar-refractivity contribution in [2.75, 3.05) is 12.4 Å². The van der Waals surface area contributed by atoms with Gasteiger partial charge in [0.1, 0.15) is 5.69 Å². The lowest BCUT2D eigenvalue weighted by Gasteiger charge is -2.09. The van der Waals surface area contributed by atoms with Gasteiger partial charge in [0.25, 0.3) is 11.5 Å². The van der Waals surface area contributed by atoms with Gasteiger partial charge in [0.15, 0.2) is 4.77 Å². The van der Waals surface area contributed by atoms with E-state index in [1.54, 1.807) is 36.5 Å². The number of aromatic nitrogens is 3. The van der Waals surface area contributed by atoms with Gasteiger partial charge in [0.05, 0.1) is 18.0 Å². The van der Waals surface area contributed by atoms with E-state index in [0.29, 0.717) is 28.0 Å². The van der Waals surface area contributed by atoms with Crippen LogP contribution in [-0.2, 0) is 0 Å². The number of hydrogen-bond acceptors (Lipinski definition) is 5. The Kier molecular flexibility index (Phi) is 3.90. The van der Waals surface area contributed by atoms with E-state index in [0.717, 1.165) is 0 Å². The summed E-state index contributed by atoms with van der Waals surface area (Å²) in [5.41, 5.74) is 1.02. The van der Waals surface area contributed by atoms with E-state index >= 15 is 0 Å². The smallest absolute Gasteiger partial charge is 0.259 e. The lowest BCUT2D eigenvalue weighted by molar-refractivity contribution is 0.102. The summed E-state index contributed by atoms with van der Waals surface area (Å²) in [5, 5.41) is 3.14. The van der Waals surface area contributed by atoms with Crippen molar-refractivity contribution >= 4 is 34.7 Å². The Morgan fingerprint density at radius 3 is 2.91 bits per heavy atom. The Morgan fingerprint density at radius 2 is 2.13 bits per heavy atom. The van der Waals surface area contributed by atoms with E-state index < -0.39 is 0 Å². The molecule has 0 saturated heterocycles. The summed E-state index contributed by atoms with van der Waals surface area (Å²) in [6, 6.07) is 8.07. The van der Waals surface area contributed by atoms with Crippen LogP contribution in [0.2, 0.25) is 0 Å². The molecule has 1 aromatic carbocycles. The van der Waals surface area contributed by atoms with E-state index in [1.165, 1.54) is 7.11 Å². The van der Waals surface area contributed by atoms with E-state index in [1.807, 2.05) is 0 Å². The van der Waals surface area contributed by atoms with Crippen LogP contribution in [0.5, 0.6) is 5.88 Å². The van der Waals surface area contributed by atoms with Crippen LogP contribution in [0, 0.1) is 4.77 Å². The third-order valence-corrected chi connectivity index (χ3v) is 3.42. The molecule has 2 heterocycles. The summed E-state index contributed by atoms with van der Waals surface area (Å²) in [7, 11) is 1.47. The molecule has 116 valence electrons. The molecule has 0 radical (unpaired) electrons. The average Bonchev–Trinajstić information content (AvgIpc) is 2.54. The standard InChI is InChI=1S/C15H12N4O3S/c1-22-14-10(3-2-6-16-14)17-12(20)8-4-5-9-11(7-8)18-15(23)19-13(9)21/h2-7H,1H3,(H,17,20)(H2,18,19,21,23). The Bertz CT molecular complexity index is 1010. The highest BCUT2D eigenvalue weighted by Gasteiger charge is 2.11. The first-order chi connectivity index (χ1) is 11.1. The number of H-pyrrole nitrogens is 2. The lowest BCUT2D eigenvalue weighted by atomic mass is 10.1. The molecule has 0 atom stereocenters. The summed E-state index contributed by atoms with van der Waals surface area (Å²) < 4.78 is 5.30. The number of nitrogens with zero attached hydrogens (tertiary/aromatic N) is 1. The van der Waals surface area contributed by atoms with E-state index in [4.69, 9.17) is 17.0 Å². The molecule has 3 rings (SSSR count). The Hall–Kier alpha value is -3.00. The normalized spacial score (nSPS) is 10.5. The molecule has 0 unspecified atom stereocenters. The molecular formula is C15H12N4O3S. The highest BCUT2D eigenvalue weighted by Crippen LogP contribution is 2.21. The van der Waals surface area contributed by atoms with Crippen molar-refractivity contribution in [1.82, 2.24) is 15.0 Å². The molecule has 0 saturated carbocycles. The van der Waals surface area contributed by atoms with Crippen LogP contribution in [-0.4, -0.2) is 28.0 Å². The summed E-state index contributed by atoms with van der Waals surface area (Å²) >= 11 is 4.94. The Balaban J connectivity index is 1.98. The highest BCUT2D eigenvalue weighted by molar-refractivity contribution is 7.71. The fourth-order valence-electron chi connectivity index (χ4n) is 2.15. The van der Waals surface area contributed by atoms with Crippen LogP contribution in [0.25, 0.3) is 10.9 Å². The number of rotatable bonds is 3. The van der Waals surface area contributed by atoms with Gasteiger partial charge in [-0.3, -0.25) is 14.6 Å². The first-order valence-corrected chi connectivity index (χ1v) is 7.06. The van der Waals surface area contributed by atoms with Crippen LogP contribution in [0.4, 0.5) is 5.69 Å². The lowest BCUT2D eigenvalue weighted by Crippen LogP contribution is -2.14. The van der Waals surface area contributed by atoms with E-state index in [2.05, 4.69) is 20.3 Å². The molecule has 0 aliphatic carbocycles. The van der Waals surface area contributed by atoms with Gasteiger partial charge in [0, 0.05) is 11.8 Å². The summed E-state index contributed by atoms with van der Waals surface area (Å²) in [4.78, 5) is 33.5. The molecule has 3 N–H and O–H groups in total. The summed E-state index contributed by atoms with van der Waals surface area (Å²) in [6.45, 7) is 0. The van der Waals surface area contributed by atoms with Gasteiger partial charge in [-0.05, 0) is 42.5 Å². The van der Waals surface area contributed by atoms with Crippen LogP contribution >= 0.6 is 12.2 Å². The number of aromatic amines is 2. The maximum absolute atomic E-state index is 12.4. The molecule has 0 bridgehead atoms. The molecule has 0 aliphatic rings. The fourth-order valence-corrected chi connectivity index (χ4v) is 2.36. The number of carbonyl (C=O) groups is 1. The topological polar surface area (TPSA) is 99.9 Å². The number of fused-ring (bicyclic) bond motifs is 1. The first-order valence-electron chi connectivity index (χ1n) is 6.65. The average molecular weight is 328 g/mol. The number of nitrogens with one attached hydrogen (secondary N) is 3. The second-order valence-electron chi connectivity index (χ2n) is 4.68. The number of amides is 1. The zero-order valence-corrected chi connectivity index (χ0v) is 12.9. The third-order valence-electron chi connectivity index (χ3n) is 3.21. The number of anilines is 1. The van der Waals surface area contributed by atoms with Crippen molar-refractivity contribution in [3.63, 3.8) is 0 Å². The maximum atomic E-state index is 12.4.